The summed E-state index contributed by atoms with van der Waals surface area (Å²) in [5.74, 6) is 1.22. The van der Waals surface area contributed by atoms with Gasteiger partial charge in [0.05, 0.1) is 5.37 Å². The Labute approximate surface area is 90.3 Å². The first-order valence-corrected chi connectivity index (χ1v) is 6.16. The van der Waals surface area contributed by atoms with Gasteiger partial charge >= 0.3 is 0 Å². The van der Waals surface area contributed by atoms with Gasteiger partial charge in [0.15, 0.2) is 0 Å². The van der Waals surface area contributed by atoms with E-state index in [1.165, 1.54) is 22.4 Å². The number of benzene rings is 1. The van der Waals surface area contributed by atoms with Gasteiger partial charge in [0.1, 0.15) is 0 Å². The van der Waals surface area contributed by atoms with Crippen LogP contribution in [0.15, 0.2) is 18.2 Å². The topological polar surface area (TPSA) is 12.0 Å². The smallest absolute Gasteiger partial charge is 0.0794 e. The maximum atomic E-state index is 3.59. The lowest BCUT2D eigenvalue weighted by Crippen LogP contribution is -2.22. The van der Waals surface area contributed by atoms with Crippen molar-refractivity contribution >= 4 is 11.8 Å². The summed E-state index contributed by atoms with van der Waals surface area (Å²) in [6.45, 7) is 6.60. The highest BCUT2D eigenvalue weighted by Gasteiger charge is 2.23. The first-order valence-electron chi connectivity index (χ1n) is 5.11. The van der Waals surface area contributed by atoms with Gasteiger partial charge in [0, 0.05) is 11.8 Å². The molecule has 0 amide bonds. The van der Waals surface area contributed by atoms with E-state index < -0.39 is 0 Å². The number of hydrogen-bond donors (Lipinski definition) is 1. The van der Waals surface area contributed by atoms with Gasteiger partial charge in [0.25, 0.3) is 0 Å². The monoisotopic (exact) mass is 207 g/mol. The second kappa shape index (κ2) is 3.95. The fourth-order valence-corrected chi connectivity index (χ4v) is 3.24. The average molecular weight is 207 g/mol. The lowest BCUT2D eigenvalue weighted by Gasteiger charge is -2.14. The summed E-state index contributed by atoms with van der Waals surface area (Å²) < 4.78 is 0. The molecule has 1 heterocycles. The zero-order valence-electron chi connectivity index (χ0n) is 9.00. The van der Waals surface area contributed by atoms with Gasteiger partial charge < -0.3 is 0 Å². The van der Waals surface area contributed by atoms with Crippen LogP contribution in [0, 0.1) is 13.8 Å². The van der Waals surface area contributed by atoms with Crippen LogP contribution in [-0.2, 0) is 0 Å². The van der Waals surface area contributed by atoms with Crippen molar-refractivity contribution in [1.82, 2.24) is 5.32 Å². The van der Waals surface area contributed by atoms with Crippen molar-refractivity contribution in [1.29, 1.82) is 0 Å². The van der Waals surface area contributed by atoms with Crippen molar-refractivity contribution < 1.29 is 0 Å². The van der Waals surface area contributed by atoms with Gasteiger partial charge in [0.2, 0.25) is 0 Å². The van der Waals surface area contributed by atoms with Gasteiger partial charge in [-0.3, -0.25) is 5.32 Å². The van der Waals surface area contributed by atoms with Crippen LogP contribution in [0.3, 0.4) is 0 Å². The molecule has 2 rings (SSSR count). The summed E-state index contributed by atoms with van der Waals surface area (Å²) in [7, 11) is 0. The third kappa shape index (κ3) is 1.96. The van der Waals surface area contributed by atoms with Crippen LogP contribution >= 0.6 is 11.8 Å². The van der Waals surface area contributed by atoms with E-state index in [0.29, 0.717) is 11.4 Å². The minimum absolute atomic E-state index is 0.505. The summed E-state index contributed by atoms with van der Waals surface area (Å²) in [5.41, 5.74) is 4.20. The highest BCUT2D eigenvalue weighted by molar-refractivity contribution is 7.99. The van der Waals surface area contributed by atoms with Gasteiger partial charge in [-0.1, -0.05) is 23.8 Å². The summed E-state index contributed by atoms with van der Waals surface area (Å²) >= 11 is 2.01. The van der Waals surface area contributed by atoms with Gasteiger partial charge in [-0.25, -0.2) is 0 Å². The number of nitrogens with one attached hydrogen (secondary N) is 1. The van der Waals surface area contributed by atoms with Crippen molar-refractivity contribution in [2.75, 3.05) is 5.75 Å². The molecular weight excluding hydrogens is 190 g/mol. The van der Waals surface area contributed by atoms with Crippen molar-refractivity contribution in [3.05, 3.63) is 34.9 Å². The summed E-state index contributed by atoms with van der Waals surface area (Å²) in [6, 6.07) is 7.37. The highest BCUT2D eigenvalue weighted by Crippen LogP contribution is 2.34. The van der Waals surface area contributed by atoms with Crippen LogP contribution in [-0.4, -0.2) is 11.8 Å². The fraction of sp³-hybridized carbons (Fsp3) is 0.500. The second-order valence-electron chi connectivity index (χ2n) is 4.14. The molecule has 0 aromatic heterocycles. The first kappa shape index (κ1) is 10.1. The van der Waals surface area contributed by atoms with E-state index in [9.17, 15) is 0 Å². The molecule has 1 nitrogen and oxygen atoms in total. The van der Waals surface area contributed by atoms with Crippen LogP contribution in [0.2, 0.25) is 0 Å². The SMILES string of the molecule is Cc1ccc(C2NC(C)CS2)c(C)c1. The Bertz CT molecular complexity index is 335. The molecule has 1 aromatic carbocycles. The van der Waals surface area contributed by atoms with E-state index in [2.05, 4.69) is 44.3 Å². The van der Waals surface area contributed by atoms with E-state index in [0.717, 1.165) is 0 Å². The minimum Gasteiger partial charge on any atom is -0.298 e. The Balaban J connectivity index is 2.24. The molecule has 0 bridgehead atoms. The Kier molecular flexibility index (Phi) is 2.84. The van der Waals surface area contributed by atoms with Crippen LogP contribution in [0.5, 0.6) is 0 Å². The lowest BCUT2D eigenvalue weighted by atomic mass is 10.1. The summed E-state index contributed by atoms with van der Waals surface area (Å²) in [6.07, 6.45) is 0. The minimum atomic E-state index is 0.505. The first-order chi connectivity index (χ1) is 6.66. The predicted octanol–water partition coefficient (Wildman–Crippen LogP) is 3.03. The molecule has 1 fully saturated rings. The van der Waals surface area contributed by atoms with E-state index in [-0.39, 0.29) is 0 Å². The molecule has 2 heteroatoms. The quantitative estimate of drug-likeness (QED) is 0.759. The van der Waals surface area contributed by atoms with Crippen molar-refractivity contribution in [3.63, 3.8) is 0 Å². The van der Waals surface area contributed by atoms with E-state index in [1.54, 1.807) is 0 Å². The van der Waals surface area contributed by atoms with Crippen LogP contribution in [0.4, 0.5) is 0 Å². The zero-order valence-corrected chi connectivity index (χ0v) is 9.82. The van der Waals surface area contributed by atoms with Gasteiger partial charge in [-0.2, -0.15) is 0 Å². The molecule has 1 N–H and O–H groups in total. The number of thioether (sulfide) groups is 1. The summed E-state index contributed by atoms with van der Waals surface area (Å²) in [4.78, 5) is 0. The number of rotatable bonds is 1. The zero-order chi connectivity index (χ0) is 10.1. The van der Waals surface area contributed by atoms with Crippen LogP contribution in [0.25, 0.3) is 0 Å². The Morgan fingerprint density at radius 2 is 2.14 bits per heavy atom. The third-order valence-corrected chi connectivity index (χ3v) is 4.07. The van der Waals surface area contributed by atoms with E-state index in [1.807, 2.05) is 11.8 Å². The van der Waals surface area contributed by atoms with Gasteiger partial charge in [-0.05, 0) is 31.9 Å². The second-order valence-corrected chi connectivity index (χ2v) is 5.28. The highest BCUT2D eigenvalue weighted by atomic mass is 32.2. The van der Waals surface area contributed by atoms with Crippen molar-refractivity contribution in [2.24, 2.45) is 0 Å². The molecule has 14 heavy (non-hydrogen) atoms. The normalized spacial score (nSPS) is 26.8. The maximum absolute atomic E-state index is 3.59. The predicted molar refractivity (Wildman–Crippen MR) is 63.7 cm³/mol. The van der Waals surface area contributed by atoms with Crippen molar-refractivity contribution in [3.8, 4) is 0 Å². The molecule has 0 spiro atoms. The standard InChI is InChI=1S/C12H17NS/c1-8-4-5-11(9(2)6-8)12-13-10(3)7-14-12/h4-6,10,12-13H,7H2,1-3H3. The number of aryl methyl sites for hydroxylation is 2. The largest absolute Gasteiger partial charge is 0.298 e. The molecule has 1 aromatic rings. The maximum Gasteiger partial charge on any atom is 0.0794 e. The molecule has 0 radical (unpaired) electrons. The van der Waals surface area contributed by atoms with Crippen LogP contribution < -0.4 is 5.32 Å². The summed E-state index contributed by atoms with van der Waals surface area (Å²) in [5, 5.41) is 4.10. The van der Waals surface area contributed by atoms with E-state index in [4.69, 9.17) is 0 Å². The Morgan fingerprint density at radius 3 is 2.71 bits per heavy atom. The molecule has 76 valence electrons. The molecule has 0 saturated carbocycles. The number of hydrogen-bond acceptors (Lipinski definition) is 2. The molecule has 2 unspecified atom stereocenters. The molecule has 1 aliphatic heterocycles. The van der Waals surface area contributed by atoms with Crippen LogP contribution in [0.1, 0.15) is 29.0 Å². The molecule has 0 aliphatic carbocycles. The van der Waals surface area contributed by atoms with Gasteiger partial charge in [-0.15, -0.1) is 11.8 Å². The van der Waals surface area contributed by atoms with Crippen molar-refractivity contribution in [2.45, 2.75) is 32.2 Å². The third-order valence-electron chi connectivity index (χ3n) is 2.66. The lowest BCUT2D eigenvalue weighted by molar-refractivity contribution is 0.616. The Morgan fingerprint density at radius 1 is 1.36 bits per heavy atom. The molecule has 1 aliphatic rings. The molecule has 1 saturated heterocycles. The van der Waals surface area contributed by atoms with E-state index >= 15 is 0 Å². The fourth-order valence-electron chi connectivity index (χ4n) is 1.89. The molecular formula is C12H17NS. The molecule has 2 atom stereocenters. The average Bonchev–Trinajstić information content (AvgIpc) is 2.51. The Hall–Kier alpha value is -0.470.